The Morgan fingerprint density at radius 1 is 1.11 bits per heavy atom. The molecule has 0 bridgehead atoms. The van der Waals surface area contributed by atoms with Gasteiger partial charge in [-0.2, -0.15) is 0 Å². The van der Waals surface area contributed by atoms with Gasteiger partial charge in [-0.15, -0.1) is 5.10 Å². The second-order valence-corrected chi connectivity index (χ2v) is 4.79. The van der Waals surface area contributed by atoms with Crippen LogP contribution in [0.1, 0.15) is 40.0 Å². The predicted octanol–water partition coefficient (Wildman–Crippen LogP) is 2.85. The van der Waals surface area contributed by atoms with E-state index in [2.05, 4.69) is 36.3 Å². The van der Waals surface area contributed by atoms with Crippen molar-refractivity contribution in [1.29, 1.82) is 0 Å². The van der Waals surface area contributed by atoms with Crippen LogP contribution >= 0.6 is 0 Å². The van der Waals surface area contributed by atoms with Crippen molar-refractivity contribution in [2.24, 2.45) is 0 Å². The maximum absolute atomic E-state index is 6.04. The Kier molecular flexibility index (Phi) is 3.83. The van der Waals surface area contributed by atoms with E-state index in [1.165, 1.54) is 0 Å². The van der Waals surface area contributed by atoms with Crippen LogP contribution in [0.4, 0.5) is 5.69 Å². The fourth-order valence-electron chi connectivity index (χ4n) is 2.57. The van der Waals surface area contributed by atoms with Crippen LogP contribution in [0, 0.1) is 0 Å². The third-order valence-electron chi connectivity index (χ3n) is 4.09. The van der Waals surface area contributed by atoms with E-state index >= 15 is 0 Å². The Balaban J connectivity index is 2.57. The Morgan fingerprint density at radius 3 is 2.32 bits per heavy atom. The number of hydrogen-bond acceptors (Lipinski definition) is 4. The Morgan fingerprint density at radius 2 is 1.74 bits per heavy atom. The summed E-state index contributed by atoms with van der Waals surface area (Å²) in [6.45, 7) is 6.52. The van der Waals surface area contributed by atoms with Crippen LogP contribution in [0.3, 0.4) is 0 Å². The molecule has 2 rings (SSSR count). The predicted molar refractivity (Wildman–Crippen MR) is 76.5 cm³/mol. The van der Waals surface area contributed by atoms with E-state index in [0.717, 1.165) is 30.7 Å². The zero-order chi connectivity index (χ0) is 13.9. The standard InChI is InChI=1S/C14H21N5/c1-4-14(5-2,6-3)19-13(16-17-18-19)11-9-7-8-10-12(11)15/h7-10H,4-6,15H2,1-3H3. The molecule has 1 aromatic carbocycles. The molecule has 0 radical (unpaired) electrons. The van der Waals surface area contributed by atoms with Crippen LogP contribution in [0.25, 0.3) is 11.4 Å². The van der Waals surface area contributed by atoms with Crippen molar-refractivity contribution >= 4 is 5.69 Å². The Labute approximate surface area is 113 Å². The van der Waals surface area contributed by atoms with Crippen molar-refractivity contribution in [3.63, 3.8) is 0 Å². The molecule has 102 valence electrons. The molecule has 19 heavy (non-hydrogen) atoms. The summed E-state index contributed by atoms with van der Waals surface area (Å²) in [7, 11) is 0. The highest BCUT2D eigenvalue weighted by Crippen LogP contribution is 2.33. The molecule has 1 aromatic heterocycles. The zero-order valence-electron chi connectivity index (χ0n) is 11.8. The van der Waals surface area contributed by atoms with Crippen LogP contribution in [-0.2, 0) is 5.54 Å². The van der Waals surface area contributed by atoms with E-state index in [1.807, 2.05) is 28.9 Å². The summed E-state index contributed by atoms with van der Waals surface area (Å²) in [5, 5.41) is 12.3. The van der Waals surface area contributed by atoms with Gasteiger partial charge in [-0.1, -0.05) is 32.9 Å². The van der Waals surface area contributed by atoms with Crippen molar-refractivity contribution in [3.05, 3.63) is 24.3 Å². The highest BCUT2D eigenvalue weighted by atomic mass is 15.6. The molecule has 0 unspecified atom stereocenters. The number of benzene rings is 1. The number of para-hydroxylation sites is 1. The first-order valence-corrected chi connectivity index (χ1v) is 6.82. The van der Waals surface area contributed by atoms with E-state index in [0.29, 0.717) is 5.69 Å². The molecule has 0 amide bonds. The molecule has 2 N–H and O–H groups in total. The third-order valence-corrected chi connectivity index (χ3v) is 4.09. The van der Waals surface area contributed by atoms with E-state index in [4.69, 9.17) is 5.73 Å². The van der Waals surface area contributed by atoms with Gasteiger partial charge < -0.3 is 5.73 Å². The lowest BCUT2D eigenvalue weighted by atomic mass is 9.89. The summed E-state index contributed by atoms with van der Waals surface area (Å²) in [6.07, 6.45) is 2.97. The van der Waals surface area contributed by atoms with Crippen LogP contribution in [0.15, 0.2) is 24.3 Å². The number of tetrazole rings is 1. The van der Waals surface area contributed by atoms with E-state index in [1.54, 1.807) is 0 Å². The summed E-state index contributed by atoms with van der Waals surface area (Å²) in [4.78, 5) is 0. The molecule has 0 saturated carbocycles. The fraction of sp³-hybridized carbons (Fsp3) is 0.500. The molecule has 0 fully saturated rings. The van der Waals surface area contributed by atoms with Gasteiger partial charge in [0.15, 0.2) is 5.82 Å². The number of nitrogens with zero attached hydrogens (tertiary/aromatic N) is 4. The van der Waals surface area contributed by atoms with Crippen molar-refractivity contribution in [3.8, 4) is 11.4 Å². The van der Waals surface area contributed by atoms with Gasteiger partial charge in [0.05, 0.1) is 5.54 Å². The molecule has 0 spiro atoms. The molecular formula is C14H21N5. The Hall–Kier alpha value is -1.91. The molecule has 5 heteroatoms. The van der Waals surface area contributed by atoms with Gasteiger partial charge in [0.2, 0.25) is 0 Å². The van der Waals surface area contributed by atoms with Crippen molar-refractivity contribution in [2.45, 2.75) is 45.6 Å². The first kappa shape index (κ1) is 13.5. The van der Waals surface area contributed by atoms with Crippen LogP contribution < -0.4 is 5.73 Å². The topological polar surface area (TPSA) is 69.6 Å². The second-order valence-electron chi connectivity index (χ2n) is 4.79. The molecule has 0 atom stereocenters. The minimum atomic E-state index is -0.0406. The zero-order valence-corrected chi connectivity index (χ0v) is 11.8. The maximum atomic E-state index is 6.04. The van der Waals surface area contributed by atoms with Gasteiger partial charge in [-0.25, -0.2) is 4.68 Å². The summed E-state index contributed by atoms with van der Waals surface area (Å²) >= 11 is 0. The van der Waals surface area contributed by atoms with Crippen molar-refractivity contribution in [2.75, 3.05) is 5.73 Å². The van der Waals surface area contributed by atoms with Crippen LogP contribution in [-0.4, -0.2) is 20.2 Å². The number of nitrogens with two attached hydrogens (primary N) is 1. The van der Waals surface area contributed by atoms with Gasteiger partial charge in [-0.3, -0.25) is 0 Å². The Bertz CT molecular complexity index is 534. The third kappa shape index (κ3) is 2.20. The van der Waals surface area contributed by atoms with Gasteiger partial charge in [-0.05, 0) is 41.8 Å². The first-order valence-electron chi connectivity index (χ1n) is 6.82. The number of rotatable bonds is 5. The number of hydrogen-bond donors (Lipinski definition) is 1. The quantitative estimate of drug-likeness (QED) is 0.838. The molecule has 0 aliphatic heterocycles. The highest BCUT2D eigenvalue weighted by molar-refractivity contribution is 5.71. The summed E-state index contributed by atoms with van der Waals surface area (Å²) in [6, 6.07) is 7.71. The highest BCUT2D eigenvalue weighted by Gasteiger charge is 2.31. The molecular weight excluding hydrogens is 238 g/mol. The minimum absolute atomic E-state index is 0.0406. The van der Waals surface area contributed by atoms with Gasteiger partial charge in [0, 0.05) is 11.3 Å². The second kappa shape index (κ2) is 5.38. The molecule has 1 heterocycles. The lowest BCUT2D eigenvalue weighted by molar-refractivity contribution is 0.223. The molecule has 0 aliphatic rings. The monoisotopic (exact) mass is 259 g/mol. The molecule has 0 saturated heterocycles. The number of aromatic nitrogens is 4. The SMILES string of the molecule is CCC(CC)(CC)n1nnnc1-c1ccccc1N. The summed E-state index contributed by atoms with van der Waals surface area (Å²) in [5.74, 6) is 0.753. The molecule has 0 aliphatic carbocycles. The molecule has 2 aromatic rings. The smallest absolute Gasteiger partial charge is 0.184 e. The lowest BCUT2D eigenvalue weighted by Crippen LogP contribution is -2.33. The van der Waals surface area contributed by atoms with E-state index in [9.17, 15) is 0 Å². The van der Waals surface area contributed by atoms with Crippen LogP contribution in [0.5, 0.6) is 0 Å². The lowest BCUT2D eigenvalue weighted by Gasteiger charge is -2.31. The van der Waals surface area contributed by atoms with Crippen LogP contribution in [0.2, 0.25) is 0 Å². The number of anilines is 1. The average Bonchev–Trinajstić information content (AvgIpc) is 2.92. The average molecular weight is 259 g/mol. The van der Waals surface area contributed by atoms with Gasteiger partial charge >= 0.3 is 0 Å². The molecule has 5 nitrogen and oxygen atoms in total. The van der Waals surface area contributed by atoms with Gasteiger partial charge in [0.1, 0.15) is 0 Å². The maximum Gasteiger partial charge on any atom is 0.184 e. The van der Waals surface area contributed by atoms with E-state index in [-0.39, 0.29) is 5.54 Å². The number of nitrogen functional groups attached to an aromatic ring is 1. The fourth-order valence-corrected chi connectivity index (χ4v) is 2.57. The summed E-state index contributed by atoms with van der Waals surface area (Å²) in [5.41, 5.74) is 7.60. The minimum Gasteiger partial charge on any atom is -0.398 e. The largest absolute Gasteiger partial charge is 0.398 e. The van der Waals surface area contributed by atoms with Crippen molar-refractivity contribution < 1.29 is 0 Å². The first-order chi connectivity index (χ1) is 9.18. The summed E-state index contributed by atoms with van der Waals surface area (Å²) < 4.78 is 1.94. The van der Waals surface area contributed by atoms with Crippen molar-refractivity contribution in [1.82, 2.24) is 20.2 Å². The van der Waals surface area contributed by atoms with Gasteiger partial charge in [0.25, 0.3) is 0 Å². The normalized spacial score (nSPS) is 11.7. The van der Waals surface area contributed by atoms with E-state index < -0.39 is 0 Å².